The zero-order valence-corrected chi connectivity index (χ0v) is 14.3. The van der Waals surface area contributed by atoms with Crippen molar-refractivity contribution in [2.24, 2.45) is 5.92 Å². The van der Waals surface area contributed by atoms with E-state index in [4.69, 9.17) is 0 Å². The molecule has 1 aliphatic rings. The average Bonchev–Trinajstić information content (AvgIpc) is 3.05. The summed E-state index contributed by atoms with van der Waals surface area (Å²) in [6.07, 6.45) is 0.801. The summed E-state index contributed by atoms with van der Waals surface area (Å²) in [5.41, 5.74) is 0.855. The first-order chi connectivity index (χ1) is 11.4. The largest absolute Gasteiger partial charge is 0.296 e. The molecule has 1 aromatic heterocycles. The van der Waals surface area contributed by atoms with Crippen molar-refractivity contribution in [3.63, 3.8) is 0 Å². The number of imide groups is 1. The van der Waals surface area contributed by atoms with Crippen LogP contribution in [0.3, 0.4) is 0 Å². The number of amides is 3. The maximum atomic E-state index is 12.3. The molecule has 0 atom stereocenters. The molecule has 3 rings (SSSR count). The highest BCUT2D eigenvalue weighted by molar-refractivity contribution is 7.15. The minimum Gasteiger partial charge on any atom is -0.296 e. The smallest absolute Gasteiger partial charge is 0.261 e. The Bertz CT molecular complexity index is 844. The summed E-state index contributed by atoms with van der Waals surface area (Å²) in [5, 5.41) is 11.9. The number of benzene rings is 1. The van der Waals surface area contributed by atoms with E-state index in [1.54, 1.807) is 0 Å². The minimum atomic E-state index is -0.403. The molecule has 8 heteroatoms. The van der Waals surface area contributed by atoms with Gasteiger partial charge in [-0.25, -0.2) is 0 Å². The summed E-state index contributed by atoms with van der Waals surface area (Å²) in [5.74, 6) is -0.692. The number of rotatable bonds is 4. The quantitative estimate of drug-likeness (QED) is 0.859. The Morgan fingerprint density at radius 2 is 1.92 bits per heavy atom. The van der Waals surface area contributed by atoms with Gasteiger partial charge in [0.15, 0.2) is 0 Å². The molecule has 0 aliphatic carbocycles. The molecule has 1 aromatic carbocycles. The molecule has 1 N–H and O–H groups in total. The van der Waals surface area contributed by atoms with E-state index >= 15 is 0 Å². The second-order valence-electron chi connectivity index (χ2n) is 5.98. The summed E-state index contributed by atoms with van der Waals surface area (Å²) in [6, 6.07) is 4.46. The topological polar surface area (TPSA) is 92.3 Å². The van der Waals surface area contributed by atoms with Gasteiger partial charge in [0.05, 0.1) is 11.1 Å². The van der Waals surface area contributed by atoms with Gasteiger partial charge < -0.3 is 0 Å². The minimum absolute atomic E-state index is 0.243. The Morgan fingerprint density at radius 1 is 1.21 bits per heavy atom. The van der Waals surface area contributed by atoms with Gasteiger partial charge in [-0.05, 0) is 24.1 Å². The molecule has 0 saturated carbocycles. The molecule has 0 bridgehead atoms. The van der Waals surface area contributed by atoms with Crippen molar-refractivity contribution in [1.29, 1.82) is 0 Å². The summed E-state index contributed by atoms with van der Waals surface area (Å²) < 4.78 is 0. The SMILES string of the molecule is CC(C)Cc1nnc(NC(=O)c2ccc3c(c2)C(=O)N(C)C3=O)s1. The van der Waals surface area contributed by atoms with Crippen molar-refractivity contribution in [3.05, 3.63) is 39.9 Å². The predicted octanol–water partition coefficient (Wildman–Crippen LogP) is 2.21. The number of hydrogen-bond acceptors (Lipinski definition) is 6. The number of fused-ring (bicyclic) bond motifs is 1. The van der Waals surface area contributed by atoms with E-state index in [1.165, 1.54) is 36.6 Å². The van der Waals surface area contributed by atoms with Crippen LogP contribution in [0.2, 0.25) is 0 Å². The second-order valence-corrected chi connectivity index (χ2v) is 7.04. The monoisotopic (exact) mass is 344 g/mol. The number of hydrogen-bond donors (Lipinski definition) is 1. The van der Waals surface area contributed by atoms with Crippen molar-refractivity contribution in [2.45, 2.75) is 20.3 Å². The lowest BCUT2D eigenvalue weighted by atomic mass is 10.1. The van der Waals surface area contributed by atoms with Crippen LogP contribution in [0.5, 0.6) is 0 Å². The van der Waals surface area contributed by atoms with Crippen LogP contribution < -0.4 is 5.32 Å². The van der Waals surface area contributed by atoms with E-state index in [2.05, 4.69) is 29.4 Å². The van der Waals surface area contributed by atoms with Crippen molar-refractivity contribution in [3.8, 4) is 0 Å². The van der Waals surface area contributed by atoms with Crippen molar-refractivity contribution in [2.75, 3.05) is 12.4 Å². The fourth-order valence-electron chi connectivity index (χ4n) is 2.41. The number of aromatic nitrogens is 2. The lowest BCUT2D eigenvalue weighted by molar-refractivity contribution is 0.0693. The number of carbonyl (C=O) groups is 3. The first kappa shape index (κ1) is 16.3. The highest BCUT2D eigenvalue weighted by atomic mass is 32.1. The number of carbonyl (C=O) groups excluding carboxylic acids is 3. The zero-order valence-electron chi connectivity index (χ0n) is 13.5. The fraction of sp³-hybridized carbons (Fsp3) is 0.312. The van der Waals surface area contributed by atoms with Gasteiger partial charge >= 0.3 is 0 Å². The van der Waals surface area contributed by atoms with Crippen molar-refractivity contribution < 1.29 is 14.4 Å². The molecule has 3 amide bonds. The molecule has 124 valence electrons. The number of nitrogens with one attached hydrogen (secondary N) is 1. The summed E-state index contributed by atoms with van der Waals surface area (Å²) in [6.45, 7) is 4.17. The Labute approximate surface area is 142 Å². The highest BCUT2D eigenvalue weighted by Crippen LogP contribution is 2.24. The zero-order chi connectivity index (χ0) is 17.4. The van der Waals surface area contributed by atoms with Crippen LogP contribution in [-0.2, 0) is 6.42 Å². The van der Waals surface area contributed by atoms with Crippen LogP contribution in [0, 0.1) is 5.92 Å². The molecule has 0 unspecified atom stereocenters. The van der Waals surface area contributed by atoms with Gasteiger partial charge in [-0.1, -0.05) is 25.2 Å². The molecule has 0 fully saturated rings. The molecule has 0 spiro atoms. The van der Waals surface area contributed by atoms with Crippen LogP contribution in [-0.4, -0.2) is 39.9 Å². The third-order valence-electron chi connectivity index (χ3n) is 3.62. The maximum Gasteiger partial charge on any atom is 0.261 e. The van der Waals surface area contributed by atoms with Gasteiger partial charge in [-0.3, -0.25) is 24.6 Å². The van der Waals surface area contributed by atoms with Crippen LogP contribution in [0.25, 0.3) is 0 Å². The molecule has 2 heterocycles. The van der Waals surface area contributed by atoms with Crippen molar-refractivity contribution >= 4 is 34.2 Å². The van der Waals surface area contributed by atoms with Gasteiger partial charge in [0.1, 0.15) is 5.01 Å². The Morgan fingerprint density at radius 3 is 2.62 bits per heavy atom. The van der Waals surface area contributed by atoms with E-state index in [1.807, 2.05) is 0 Å². The summed E-state index contributed by atoms with van der Waals surface area (Å²) in [7, 11) is 1.42. The molecule has 24 heavy (non-hydrogen) atoms. The molecule has 7 nitrogen and oxygen atoms in total. The molecule has 0 saturated heterocycles. The van der Waals surface area contributed by atoms with E-state index < -0.39 is 5.91 Å². The molecule has 2 aromatic rings. The molecule has 1 aliphatic heterocycles. The Balaban J connectivity index is 1.78. The predicted molar refractivity (Wildman–Crippen MR) is 89.3 cm³/mol. The fourth-order valence-corrected chi connectivity index (χ4v) is 3.35. The Kier molecular flexibility index (Phi) is 4.15. The lowest BCUT2D eigenvalue weighted by Crippen LogP contribution is -2.24. The van der Waals surface area contributed by atoms with Gasteiger partial charge in [-0.15, -0.1) is 10.2 Å². The van der Waals surface area contributed by atoms with Gasteiger partial charge in [0.25, 0.3) is 17.7 Å². The molecule has 0 radical (unpaired) electrons. The number of nitrogens with zero attached hydrogens (tertiary/aromatic N) is 3. The first-order valence-corrected chi connectivity index (χ1v) is 8.28. The first-order valence-electron chi connectivity index (χ1n) is 7.47. The maximum absolute atomic E-state index is 12.3. The van der Waals surface area contributed by atoms with Crippen LogP contribution in [0.15, 0.2) is 18.2 Å². The third kappa shape index (κ3) is 2.92. The van der Waals surface area contributed by atoms with E-state index in [0.29, 0.717) is 22.2 Å². The number of anilines is 1. The normalized spacial score (nSPS) is 13.6. The highest BCUT2D eigenvalue weighted by Gasteiger charge is 2.33. The molecular weight excluding hydrogens is 328 g/mol. The average molecular weight is 344 g/mol. The van der Waals surface area contributed by atoms with Crippen molar-refractivity contribution in [1.82, 2.24) is 15.1 Å². The third-order valence-corrected chi connectivity index (χ3v) is 4.48. The Hall–Kier alpha value is -2.61. The van der Waals surface area contributed by atoms with Crippen LogP contribution in [0.1, 0.15) is 49.9 Å². The van der Waals surface area contributed by atoms with E-state index in [-0.39, 0.29) is 17.4 Å². The molecular formula is C16H16N4O3S. The van der Waals surface area contributed by atoms with E-state index in [9.17, 15) is 14.4 Å². The standard InChI is InChI=1S/C16H16N4O3S/c1-8(2)6-12-18-19-16(24-12)17-13(21)9-4-5-10-11(7-9)15(23)20(3)14(10)22/h4-5,7-8H,6H2,1-3H3,(H,17,19,21). The summed E-state index contributed by atoms with van der Waals surface area (Å²) in [4.78, 5) is 37.2. The van der Waals surface area contributed by atoms with Crippen LogP contribution in [0.4, 0.5) is 5.13 Å². The van der Waals surface area contributed by atoms with Crippen LogP contribution >= 0.6 is 11.3 Å². The second kappa shape index (κ2) is 6.12. The lowest BCUT2D eigenvalue weighted by Gasteiger charge is -2.03. The van der Waals surface area contributed by atoms with E-state index in [0.717, 1.165) is 16.3 Å². The van der Waals surface area contributed by atoms with Gasteiger partial charge in [0.2, 0.25) is 5.13 Å². The van der Waals surface area contributed by atoms with Gasteiger partial charge in [-0.2, -0.15) is 0 Å². The van der Waals surface area contributed by atoms with Gasteiger partial charge in [0, 0.05) is 19.0 Å². The summed E-state index contributed by atoms with van der Waals surface area (Å²) >= 11 is 1.33.